The van der Waals surface area contributed by atoms with Crippen LogP contribution < -0.4 is 11.2 Å². The van der Waals surface area contributed by atoms with Gasteiger partial charge in [0.2, 0.25) is 5.91 Å². The van der Waals surface area contributed by atoms with Crippen molar-refractivity contribution in [3.63, 3.8) is 0 Å². The van der Waals surface area contributed by atoms with Crippen molar-refractivity contribution in [2.75, 3.05) is 0 Å². The van der Waals surface area contributed by atoms with Gasteiger partial charge in [-0.05, 0) is 23.3 Å². The molecule has 0 aliphatic rings. The first-order valence-corrected chi connectivity index (χ1v) is 6.83. The van der Waals surface area contributed by atoms with E-state index >= 15 is 0 Å². The summed E-state index contributed by atoms with van der Waals surface area (Å²) in [6, 6.07) is 16.8. The molecule has 2 N–H and O–H groups in total. The summed E-state index contributed by atoms with van der Waals surface area (Å²) in [5.74, 6) is -0.744. The minimum Gasteiger partial charge on any atom is -0.369 e. The zero-order chi connectivity index (χ0) is 15.0. The van der Waals surface area contributed by atoms with Gasteiger partial charge in [0.15, 0.2) is 5.43 Å². The van der Waals surface area contributed by atoms with Crippen molar-refractivity contribution in [2.24, 2.45) is 5.73 Å². The second kappa shape index (κ2) is 5.02. The van der Waals surface area contributed by atoms with E-state index in [2.05, 4.69) is 0 Å². The molecule has 3 aromatic carbocycles. The number of benzene rings is 2. The Morgan fingerprint density at radius 2 is 1.62 bits per heavy atom. The van der Waals surface area contributed by atoms with Crippen molar-refractivity contribution in [1.82, 2.24) is 0 Å². The standard InChI is InChI=1S/C18H15NO2/c1-11(18(19)21)13-8-9-16-14(10-13)7-6-12-4-2-3-5-15(12)17(16)20/h2-11H,1H3,(H2,19,21). The lowest BCUT2D eigenvalue weighted by Gasteiger charge is -2.07. The number of hydrogen-bond acceptors (Lipinski definition) is 2. The maximum Gasteiger partial charge on any atom is 0.224 e. The van der Waals surface area contributed by atoms with E-state index in [9.17, 15) is 9.59 Å². The highest BCUT2D eigenvalue weighted by molar-refractivity contribution is 5.94. The van der Waals surface area contributed by atoms with E-state index in [1.807, 2.05) is 42.5 Å². The Bertz CT molecular complexity index is 915. The Balaban J connectivity index is 2.36. The average Bonchev–Trinajstić information content (AvgIpc) is 2.64. The maximum absolute atomic E-state index is 12.6. The number of carbonyl (C=O) groups excluding carboxylic acids is 1. The fraction of sp³-hybridized carbons (Fsp3) is 0.111. The van der Waals surface area contributed by atoms with Crippen LogP contribution in [-0.4, -0.2) is 5.91 Å². The van der Waals surface area contributed by atoms with Gasteiger partial charge in [-0.2, -0.15) is 0 Å². The van der Waals surface area contributed by atoms with Crippen LogP contribution in [0.15, 0.2) is 59.4 Å². The molecule has 0 aromatic heterocycles. The molecule has 0 heterocycles. The summed E-state index contributed by atoms with van der Waals surface area (Å²) in [7, 11) is 0. The Morgan fingerprint density at radius 3 is 2.38 bits per heavy atom. The number of carbonyl (C=O) groups is 1. The molecule has 1 amide bonds. The fourth-order valence-corrected chi connectivity index (χ4v) is 2.53. The van der Waals surface area contributed by atoms with Crippen LogP contribution in [0.1, 0.15) is 18.4 Å². The topological polar surface area (TPSA) is 60.2 Å². The maximum atomic E-state index is 12.6. The highest BCUT2D eigenvalue weighted by atomic mass is 16.1. The summed E-state index contributed by atoms with van der Waals surface area (Å²) in [5, 5.41) is 3.07. The van der Waals surface area contributed by atoms with Crippen molar-refractivity contribution in [3.05, 3.63) is 70.4 Å². The zero-order valence-corrected chi connectivity index (χ0v) is 11.7. The average molecular weight is 277 g/mol. The predicted octanol–water partition coefficient (Wildman–Crippen LogP) is 2.94. The zero-order valence-electron chi connectivity index (χ0n) is 11.7. The van der Waals surface area contributed by atoms with Crippen molar-refractivity contribution in [3.8, 4) is 0 Å². The summed E-state index contributed by atoms with van der Waals surface area (Å²) in [6.45, 7) is 1.76. The van der Waals surface area contributed by atoms with Crippen LogP contribution >= 0.6 is 0 Å². The van der Waals surface area contributed by atoms with Gasteiger partial charge < -0.3 is 5.73 Å². The first-order valence-electron chi connectivity index (χ1n) is 6.83. The van der Waals surface area contributed by atoms with Crippen LogP contribution in [0, 0.1) is 0 Å². The molecule has 21 heavy (non-hydrogen) atoms. The van der Waals surface area contributed by atoms with Crippen LogP contribution in [0.2, 0.25) is 0 Å². The minimum atomic E-state index is -0.373. The van der Waals surface area contributed by atoms with Gasteiger partial charge in [-0.3, -0.25) is 9.59 Å². The highest BCUT2D eigenvalue weighted by Gasteiger charge is 2.12. The predicted molar refractivity (Wildman–Crippen MR) is 85.3 cm³/mol. The Hall–Kier alpha value is -2.68. The number of fused-ring (bicyclic) bond motifs is 2. The van der Waals surface area contributed by atoms with Gasteiger partial charge in [-0.15, -0.1) is 0 Å². The van der Waals surface area contributed by atoms with Crippen LogP contribution in [-0.2, 0) is 4.79 Å². The second-order valence-electron chi connectivity index (χ2n) is 5.22. The molecule has 0 fully saturated rings. The molecule has 1 atom stereocenters. The third-order valence-corrected chi connectivity index (χ3v) is 3.89. The van der Waals surface area contributed by atoms with Crippen LogP contribution in [0.4, 0.5) is 0 Å². The molecular formula is C18H15NO2. The van der Waals surface area contributed by atoms with Crippen molar-refractivity contribution in [2.45, 2.75) is 12.8 Å². The third-order valence-electron chi connectivity index (χ3n) is 3.89. The molecule has 0 spiro atoms. The van der Waals surface area contributed by atoms with Gasteiger partial charge in [0, 0.05) is 10.8 Å². The van der Waals surface area contributed by atoms with Crippen LogP contribution in [0.5, 0.6) is 0 Å². The SMILES string of the molecule is CC(C(N)=O)c1ccc2c(=O)c3ccccc3ccc2c1. The molecule has 0 saturated carbocycles. The van der Waals surface area contributed by atoms with Crippen molar-refractivity contribution >= 4 is 27.5 Å². The molecule has 104 valence electrons. The Labute approximate surface area is 122 Å². The molecule has 0 aliphatic carbocycles. The third kappa shape index (κ3) is 2.27. The van der Waals surface area contributed by atoms with E-state index in [4.69, 9.17) is 5.73 Å². The summed E-state index contributed by atoms with van der Waals surface area (Å²) in [5.41, 5.74) is 6.17. The molecule has 3 rings (SSSR count). The molecule has 1 unspecified atom stereocenters. The van der Waals surface area contributed by atoms with Gasteiger partial charge >= 0.3 is 0 Å². The lowest BCUT2D eigenvalue weighted by molar-refractivity contribution is -0.119. The number of rotatable bonds is 2. The smallest absolute Gasteiger partial charge is 0.224 e. The van der Waals surface area contributed by atoms with E-state index < -0.39 is 0 Å². The molecule has 0 saturated heterocycles. The van der Waals surface area contributed by atoms with Crippen molar-refractivity contribution < 1.29 is 4.79 Å². The summed E-state index contributed by atoms with van der Waals surface area (Å²) >= 11 is 0. The molecule has 3 aromatic rings. The normalized spacial score (nSPS) is 12.4. The molecule has 3 nitrogen and oxygen atoms in total. The van der Waals surface area contributed by atoms with Crippen LogP contribution in [0.3, 0.4) is 0 Å². The van der Waals surface area contributed by atoms with E-state index in [-0.39, 0.29) is 17.3 Å². The second-order valence-corrected chi connectivity index (χ2v) is 5.22. The molecule has 0 bridgehead atoms. The van der Waals surface area contributed by atoms with Crippen LogP contribution in [0.25, 0.3) is 21.5 Å². The van der Waals surface area contributed by atoms with Gasteiger partial charge in [-0.1, -0.05) is 54.6 Å². The molecule has 0 radical (unpaired) electrons. The number of amides is 1. The first-order chi connectivity index (χ1) is 10.1. The molecular weight excluding hydrogens is 262 g/mol. The lowest BCUT2D eigenvalue weighted by atomic mass is 9.98. The number of primary amides is 1. The van der Waals surface area contributed by atoms with E-state index in [1.54, 1.807) is 19.1 Å². The van der Waals surface area contributed by atoms with Crippen molar-refractivity contribution in [1.29, 1.82) is 0 Å². The highest BCUT2D eigenvalue weighted by Crippen LogP contribution is 2.21. The largest absolute Gasteiger partial charge is 0.369 e. The van der Waals surface area contributed by atoms with Gasteiger partial charge in [0.05, 0.1) is 5.92 Å². The number of hydrogen-bond donors (Lipinski definition) is 1. The first kappa shape index (κ1) is 13.3. The quantitative estimate of drug-likeness (QED) is 0.783. The van der Waals surface area contributed by atoms with E-state index in [1.165, 1.54) is 0 Å². The summed E-state index contributed by atoms with van der Waals surface area (Å²) in [4.78, 5) is 23.9. The Morgan fingerprint density at radius 1 is 0.952 bits per heavy atom. The van der Waals surface area contributed by atoms with Gasteiger partial charge in [0.25, 0.3) is 0 Å². The lowest BCUT2D eigenvalue weighted by Crippen LogP contribution is -2.18. The number of nitrogens with two attached hydrogens (primary N) is 1. The minimum absolute atomic E-state index is 0.00359. The molecule has 3 heteroatoms. The van der Waals surface area contributed by atoms with E-state index in [0.717, 1.165) is 16.3 Å². The molecule has 0 aliphatic heterocycles. The summed E-state index contributed by atoms with van der Waals surface area (Å²) in [6.07, 6.45) is 0. The fourth-order valence-electron chi connectivity index (χ4n) is 2.53. The van der Waals surface area contributed by atoms with E-state index in [0.29, 0.717) is 10.8 Å². The Kier molecular flexibility index (Phi) is 3.18. The summed E-state index contributed by atoms with van der Waals surface area (Å²) < 4.78 is 0. The monoisotopic (exact) mass is 277 g/mol. The van der Waals surface area contributed by atoms with Gasteiger partial charge in [-0.25, -0.2) is 0 Å². The van der Waals surface area contributed by atoms with Gasteiger partial charge in [0.1, 0.15) is 0 Å².